The van der Waals surface area contributed by atoms with Crippen LogP contribution in [0.4, 0.5) is 10.7 Å². The topological polar surface area (TPSA) is 114 Å². The molecule has 0 saturated heterocycles. The van der Waals surface area contributed by atoms with Gasteiger partial charge in [0.25, 0.3) is 11.8 Å². The number of thiophene rings is 1. The van der Waals surface area contributed by atoms with E-state index in [-0.39, 0.29) is 28.8 Å². The lowest BCUT2D eigenvalue weighted by atomic mass is 10.0. The van der Waals surface area contributed by atoms with Crippen molar-refractivity contribution in [2.24, 2.45) is 0 Å². The van der Waals surface area contributed by atoms with E-state index in [2.05, 4.69) is 16.0 Å². The van der Waals surface area contributed by atoms with Crippen LogP contribution in [0.25, 0.3) is 17.2 Å². The van der Waals surface area contributed by atoms with E-state index in [1.807, 2.05) is 73.0 Å². The Balaban J connectivity index is 1.27. The number of rotatable bonds is 13. The molecule has 0 spiro atoms. The Labute approximate surface area is 342 Å². The third kappa shape index (κ3) is 9.96. The van der Waals surface area contributed by atoms with Crippen molar-refractivity contribution in [1.29, 1.82) is 0 Å². The molecule has 1 atom stereocenters. The molecule has 0 fully saturated rings. The van der Waals surface area contributed by atoms with E-state index in [4.69, 9.17) is 27.9 Å². The molecular weight excluding hydrogens is 786 g/mol. The molecule has 3 amide bonds. The second-order valence-corrected chi connectivity index (χ2v) is 15.2. The fourth-order valence-corrected chi connectivity index (χ4v) is 8.00. The van der Waals surface area contributed by atoms with Gasteiger partial charge in [0.15, 0.2) is 0 Å². The first-order chi connectivity index (χ1) is 27.1. The van der Waals surface area contributed by atoms with Crippen LogP contribution in [-0.4, -0.2) is 30.3 Å². The summed E-state index contributed by atoms with van der Waals surface area (Å²) in [5.41, 5.74) is 4.73. The molecule has 6 aromatic rings. The molecule has 5 aromatic carbocycles. The number of aryl methyl sites for hydroxylation is 1. The molecule has 1 heterocycles. The Morgan fingerprint density at radius 3 is 2.23 bits per heavy atom. The van der Waals surface area contributed by atoms with E-state index < -0.39 is 23.0 Å². The first-order valence-corrected chi connectivity index (χ1v) is 19.9. The van der Waals surface area contributed by atoms with Crippen molar-refractivity contribution in [3.05, 3.63) is 176 Å². The van der Waals surface area contributed by atoms with E-state index in [0.29, 0.717) is 37.3 Å². The van der Waals surface area contributed by atoms with Gasteiger partial charge in [0.1, 0.15) is 21.5 Å². The number of anilines is 2. The number of halogens is 2. The Bertz CT molecular complexity index is 2400. The minimum absolute atomic E-state index is 0.0685. The zero-order valence-corrected chi connectivity index (χ0v) is 33.3. The molecule has 1 unspecified atom stereocenters. The lowest BCUT2D eigenvalue weighted by Gasteiger charge is -2.18. The molecule has 0 aliphatic carbocycles. The van der Waals surface area contributed by atoms with Crippen LogP contribution < -0.4 is 16.0 Å². The Kier molecular flexibility index (Phi) is 13.4. The maximum atomic E-state index is 14.2. The average molecular weight is 821 g/mol. The van der Waals surface area contributed by atoms with Gasteiger partial charge in [-0.2, -0.15) is 0 Å². The van der Waals surface area contributed by atoms with Crippen LogP contribution in [0.5, 0.6) is 0 Å². The van der Waals surface area contributed by atoms with E-state index in [9.17, 15) is 19.2 Å². The minimum Gasteiger partial charge on any atom is -0.462 e. The van der Waals surface area contributed by atoms with Gasteiger partial charge in [0.05, 0.1) is 16.7 Å². The summed E-state index contributed by atoms with van der Waals surface area (Å²) in [6.07, 6.45) is 1.46. The molecule has 0 radical (unpaired) electrons. The van der Waals surface area contributed by atoms with Gasteiger partial charge in [-0.1, -0.05) is 120 Å². The highest BCUT2D eigenvalue weighted by Crippen LogP contribution is 2.41. The van der Waals surface area contributed by atoms with Gasteiger partial charge in [-0.05, 0) is 73.0 Å². The van der Waals surface area contributed by atoms with Crippen molar-refractivity contribution in [1.82, 2.24) is 5.32 Å². The number of carbonyl (C=O) groups excluding carboxylic acids is 4. The van der Waals surface area contributed by atoms with Crippen molar-refractivity contribution >= 4 is 86.8 Å². The summed E-state index contributed by atoms with van der Waals surface area (Å²) in [7, 11) is 0. The molecule has 0 aliphatic rings. The van der Waals surface area contributed by atoms with Crippen LogP contribution >= 0.6 is 46.3 Å². The van der Waals surface area contributed by atoms with Gasteiger partial charge in [0.2, 0.25) is 5.91 Å². The molecule has 3 N–H and O–H groups in total. The second kappa shape index (κ2) is 18.8. The van der Waals surface area contributed by atoms with Crippen LogP contribution in [0.1, 0.15) is 49.6 Å². The Hall–Kier alpha value is -5.65. The molecule has 0 saturated carbocycles. The highest BCUT2D eigenvalue weighted by atomic mass is 35.5. The van der Waals surface area contributed by atoms with E-state index >= 15 is 0 Å². The van der Waals surface area contributed by atoms with Gasteiger partial charge < -0.3 is 20.7 Å². The molecule has 282 valence electrons. The average Bonchev–Trinajstić information content (AvgIpc) is 3.62. The normalized spacial score (nSPS) is 11.7. The van der Waals surface area contributed by atoms with Crippen LogP contribution in [0.15, 0.2) is 143 Å². The highest BCUT2D eigenvalue weighted by Gasteiger charge is 2.28. The van der Waals surface area contributed by atoms with Gasteiger partial charge in [-0.3, -0.25) is 14.4 Å². The zero-order chi connectivity index (χ0) is 39.6. The maximum Gasteiger partial charge on any atom is 0.341 e. The molecule has 0 bridgehead atoms. The number of amides is 3. The van der Waals surface area contributed by atoms with Gasteiger partial charge in [-0.15, -0.1) is 23.1 Å². The van der Waals surface area contributed by atoms with Crippen molar-refractivity contribution in [2.75, 3.05) is 17.2 Å². The van der Waals surface area contributed by atoms with Crippen molar-refractivity contribution in [2.45, 2.75) is 24.0 Å². The third-order valence-electron chi connectivity index (χ3n) is 8.37. The Morgan fingerprint density at radius 1 is 0.821 bits per heavy atom. The minimum atomic E-state index is -0.757. The lowest BCUT2D eigenvalue weighted by Crippen LogP contribution is -2.30. The zero-order valence-electron chi connectivity index (χ0n) is 30.2. The fraction of sp³-hybridized carbons (Fsp3) is 0.0909. The first kappa shape index (κ1) is 40.0. The molecule has 0 aliphatic heterocycles. The number of hydrogen-bond acceptors (Lipinski definition) is 7. The quantitative estimate of drug-likeness (QED) is 0.0607. The van der Waals surface area contributed by atoms with Gasteiger partial charge >= 0.3 is 5.97 Å². The molecule has 1 aromatic heterocycles. The van der Waals surface area contributed by atoms with Gasteiger partial charge in [0, 0.05) is 27.1 Å². The van der Waals surface area contributed by atoms with Crippen LogP contribution in [0.2, 0.25) is 10.0 Å². The fourth-order valence-electron chi connectivity index (χ4n) is 5.59. The number of hydrogen-bond donors (Lipinski definition) is 3. The maximum absolute atomic E-state index is 14.2. The number of benzene rings is 5. The van der Waals surface area contributed by atoms with Crippen molar-refractivity contribution < 1.29 is 23.9 Å². The number of ether oxygens (including phenoxy) is 1. The van der Waals surface area contributed by atoms with E-state index in [1.165, 1.54) is 29.2 Å². The summed E-state index contributed by atoms with van der Waals surface area (Å²) < 4.78 is 5.42. The van der Waals surface area contributed by atoms with Gasteiger partial charge in [-0.25, -0.2) is 4.79 Å². The van der Waals surface area contributed by atoms with Crippen LogP contribution in [-0.2, 0) is 14.3 Å². The first-order valence-electron chi connectivity index (χ1n) is 17.4. The molecular formula is C44H35Cl2N3O5S2. The lowest BCUT2D eigenvalue weighted by molar-refractivity contribution is -0.116. The summed E-state index contributed by atoms with van der Waals surface area (Å²) in [5, 5.41) is 10.6. The summed E-state index contributed by atoms with van der Waals surface area (Å²) in [5.74, 6) is -1.99. The molecule has 8 nitrogen and oxygen atoms in total. The monoisotopic (exact) mass is 819 g/mol. The molecule has 56 heavy (non-hydrogen) atoms. The standard InChI is InChI=1S/C44H35Cl2N3O5S2/c1-3-54-44(53)37-34(28-22-20-27(2)21-23-28)26-55-43(37)49-42(52)39(29-12-6-4-7-13-29)56-33-18-11-17-32(25-33)47-41(51)36(24-31-16-10-19-35(45)38(31)46)48-40(50)30-14-8-5-9-15-30/h4-26,39H,3H2,1-2H3,(H,47,51)(H,48,50)(H,49,52)/b36-24+. The number of esters is 1. The van der Waals surface area contributed by atoms with Crippen LogP contribution in [0, 0.1) is 6.92 Å². The predicted molar refractivity (Wildman–Crippen MR) is 228 cm³/mol. The second-order valence-electron chi connectivity index (χ2n) is 12.3. The predicted octanol–water partition coefficient (Wildman–Crippen LogP) is 11.1. The smallest absolute Gasteiger partial charge is 0.341 e. The van der Waals surface area contributed by atoms with E-state index in [0.717, 1.165) is 16.7 Å². The van der Waals surface area contributed by atoms with Crippen molar-refractivity contribution in [3.8, 4) is 11.1 Å². The summed E-state index contributed by atoms with van der Waals surface area (Å²) >= 11 is 15.2. The van der Waals surface area contributed by atoms with E-state index in [1.54, 1.807) is 73.7 Å². The summed E-state index contributed by atoms with van der Waals surface area (Å²) in [4.78, 5) is 55.2. The molecule has 12 heteroatoms. The molecule has 6 rings (SSSR count). The Morgan fingerprint density at radius 2 is 1.52 bits per heavy atom. The number of carbonyl (C=O) groups is 4. The van der Waals surface area contributed by atoms with Crippen molar-refractivity contribution in [3.63, 3.8) is 0 Å². The van der Waals surface area contributed by atoms with Crippen LogP contribution in [0.3, 0.4) is 0 Å². The number of nitrogens with one attached hydrogen (secondary N) is 3. The summed E-state index contributed by atoms with van der Waals surface area (Å²) in [6.45, 7) is 3.90. The summed E-state index contributed by atoms with van der Waals surface area (Å²) in [6, 6.07) is 37.6. The largest absolute Gasteiger partial charge is 0.462 e. The highest BCUT2D eigenvalue weighted by molar-refractivity contribution is 8.00. The SMILES string of the molecule is CCOC(=O)c1c(-c2ccc(C)cc2)csc1NC(=O)C(Sc1cccc(NC(=O)/C(=C\c2cccc(Cl)c2Cl)NC(=O)c2ccccc2)c1)c1ccccc1. The number of thioether (sulfide) groups is 1. The third-order valence-corrected chi connectivity index (χ3v) is 11.3.